The Labute approximate surface area is 200 Å². The van der Waals surface area contributed by atoms with Crippen molar-refractivity contribution in [1.82, 2.24) is 14.9 Å². The predicted molar refractivity (Wildman–Crippen MR) is 124 cm³/mol. The number of phenols is 1. The van der Waals surface area contributed by atoms with Gasteiger partial charge >= 0.3 is 0 Å². The number of nitrogens with one attached hydrogen (secondary N) is 1. The molecule has 6 nitrogen and oxygen atoms in total. The van der Waals surface area contributed by atoms with Crippen LogP contribution in [0.2, 0.25) is 0 Å². The van der Waals surface area contributed by atoms with Gasteiger partial charge in [0.25, 0.3) is 0 Å². The summed E-state index contributed by atoms with van der Waals surface area (Å²) in [6, 6.07) is 7.11. The summed E-state index contributed by atoms with van der Waals surface area (Å²) in [5, 5.41) is 12.5. The van der Waals surface area contributed by atoms with Gasteiger partial charge in [-0.1, -0.05) is 26.0 Å². The molecule has 0 aliphatic heterocycles. The Morgan fingerprint density at radius 3 is 2.66 bits per heavy atom. The van der Waals surface area contributed by atoms with Crippen molar-refractivity contribution in [2.24, 2.45) is 11.1 Å². The van der Waals surface area contributed by atoms with E-state index in [1.807, 2.05) is 0 Å². The molecule has 0 unspecified atom stereocenters. The minimum atomic E-state index is -1.34. The summed E-state index contributed by atoms with van der Waals surface area (Å²) in [6.07, 6.45) is 1.83. The number of rotatable bonds is 10. The number of amides is 1. The lowest BCUT2D eigenvalue weighted by Gasteiger charge is -2.24. The maximum Gasteiger partial charge on any atom is 0.226 e. The summed E-state index contributed by atoms with van der Waals surface area (Å²) < 4.78 is 56.3. The van der Waals surface area contributed by atoms with Crippen molar-refractivity contribution in [2.45, 2.75) is 39.3 Å². The first-order valence-corrected chi connectivity index (χ1v) is 11.1. The van der Waals surface area contributed by atoms with Crippen molar-refractivity contribution >= 4 is 5.91 Å². The van der Waals surface area contributed by atoms with Crippen molar-refractivity contribution < 1.29 is 27.5 Å². The quantitative estimate of drug-likeness (QED) is 0.294. The second-order valence-electron chi connectivity index (χ2n) is 9.11. The minimum Gasteiger partial charge on any atom is -0.508 e. The molecule has 0 saturated heterocycles. The Morgan fingerprint density at radius 2 is 1.97 bits per heavy atom. The fourth-order valence-corrected chi connectivity index (χ4v) is 3.62. The molecule has 35 heavy (non-hydrogen) atoms. The van der Waals surface area contributed by atoms with Crippen LogP contribution >= 0.6 is 0 Å². The molecule has 0 aliphatic carbocycles. The zero-order valence-corrected chi connectivity index (χ0v) is 19.5. The first kappa shape index (κ1) is 26.2. The molecule has 0 aliphatic rings. The second kappa shape index (κ2) is 10.9. The molecule has 4 N–H and O–H groups in total. The number of carbonyl (C=O) groups excluding carboxylic acids is 1. The van der Waals surface area contributed by atoms with E-state index in [-0.39, 0.29) is 48.8 Å². The molecule has 3 rings (SSSR count). The number of nitrogens with two attached hydrogens (primary N) is 1. The number of aromatic nitrogens is 2. The van der Waals surface area contributed by atoms with E-state index < -0.39 is 35.6 Å². The molecule has 1 heterocycles. The second-order valence-corrected chi connectivity index (χ2v) is 9.11. The van der Waals surface area contributed by atoms with Crippen LogP contribution in [0.15, 0.2) is 42.6 Å². The summed E-state index contributed by atoms with van der Waals surface area (Å²) in [4.78, 5) is 17.2. The van der Waals surface area contributed by atoms with E-state index in [4.69, 9.17) is 5.73 Å². The van der Waals surface area contributed by atoms with Gasteiger partial charge in [0.15, 0.2) is 11.6 Å². The zero-order chi connectivity index (χ0) is 25.8. The average molecular weight is 493 g/mol. The third-order valence-corrected chi connectivity index (χ3v) is 5.61. The number of phenolic OH excluding ortho intramolecular Hbond substituents is 1. The Morgan fingerprint density at radius 1 is 1.23 bits per heavy atom. The molecule has 1 aromatic heterocycles. The van der Waals surface area contributed by atoms with E-state index in [1.54, 1.807) is 30.5 Å². The summed E-state index contributed by atoms with van der Waals surface area (Å²) in [7, 11) is 0. The first-order valence-electron chi connectivity index (χ1n) is 11.1. The molecule has 188 valence electrons. The van der Waals surface area contributed by atoms with Crippen LogP contribution in [0.4, 0.5) is 17.6 Å². The first-order chi connectivity index (χ1) is 16.5. The maximum atomic E-state index is 14.5. The highest BCUT2D eigenvalue weighted by Gasteiger charge is 2.30. The molecule has 3 aromatic rings. The van der Waals surface area contributed by atoms with Crippen LogP contribution in [0.5, 0.6) is 5.75 Å². The molecule has 0 fully saturated rings. The SMILES string of the molecule is CC(C)(Cc1nc(-c2cc(F)cc(F)c2F)cn1Cc1cccc(O)c1)C(=O)NCC[C@@H](N)CF. The molecular formula is C25H28F4N4O2. The lowest BCUT2D eigenvalue weighted by molar-refractivity contribution is -0.129. The molecule has 0 bridgehead atoms. The smallest absolute Gasteiger partial charge is 0.226 e. The van der Waals surface area contributed by atoms with E-state index in [0.717, 1.165) is 6.07 Å². The van der Waals surface area contributed by atoms with Gasteiger partial charge in [-0.2, -0.15) is 0 Å². The fourth-order valence-electron chi connectivity index (χ4n) is 3.62. The Hall–Kier alpha value is -3.40. The number of halogens is 4. The Balaban J connectivity index is 1.93. The van der Waals surface area contributed by atoms with E-state index in [1.165, 1.54) is 18.3 Å². The van der Waals surface area contributed by atoms with Gasteiger partial charge in [0, 0.05) is 43.4 Å². The number of imidazole rings is 1. The zero-order valence-electron chi connectivity index (χ0n) is 19.5. The van der Waals surface area contributed by atoms with Crippen LogP contribution < -0.4 is 11.1 Å². The Kier molecular flexibility index (Phi) is 8.16. The largest absolute Gasteiger partial charge is 0.508 e. The van der Waals surface area contributed by atoms with Gasteiger partial charge in [0.1, 0.15) is 24.1 Å². The minimum absolute atomic E-state index is 0.00109. The fraction of sp³-hybridized carbons (Fsp3) is 0.360. The molecule has 0 radical (unpaired) electrons. The molecule has 10 heteroatoms. The van der Waals surface area contributed by atoms with Gasteiger partial charge in [-0.25, -0.2) is 22.5 Å². The van der Waals surface area contributed by atoms with E-state index >= 15 is 0 Å². The summed E-state index contributed by atoms with van der Waals surface area (Å²) >= 11 is 0. The van der Waals surface area contributed by atoms with Crippen LogP contribution in [-0.4, -0.2) is 39.8 Å². The van der Waals surface area contributed by atoms with Crippen molar-refractivity contribution in [1.29, 1.82) is 0 Å². The van der Waals surface area contributed by atoms with Gasteiger partial charge in [-0.3, -0.25) is 4.79 Å². The molecule has 2 aromatic carbocycles. The average Bonchev–Trinajstić information content (AvgIpc) is 3.17. The van der Waals surface area contributed by atoms with Crippen molar-refractivity contribution in [3.63, 3.8) is 0 Å². The normalized spacial score (nSPS) is 12.5. The van der Waals surface area contributed by atoms with E-state index in [2.05, 4.69) is 10.3 Å². The lowest BCUT2D eigenvalue weighted by Crippen LogP contribution is -2.41. The summed E-state index contributed by atoms with van der Waals surface area (Å²) in [5.41, 5.74) is 4.92. The summed E-state index contributed by atoms with van der Waals surface area (Å²) in [6.45, 7) is 3.09. The Bertz CT molecular complexity index is 1200. The van der Waals surface area contributed by atoms with Crippen LogP contribution in [0.25, 0.3) is 11.3 Å². The maximum absolute atomic E-state index is 14.5. The molecular weight excluding hydrogens is 464 g/mol. The standard InChI is InChI=1S/C25H28F4N4O2/c1-25(2,24(35)31-7-6-17(30)12-26)11-22-32-21(19-9-16(27)10-20(28)23(19)29)14-33(22)13-15-4-3-5-18(34)8-15/h3-5,8-10,14,17,34H,6-7,11-13,30H2,1-2H3,(H,31,35)/t17-/m1/s1. The molecule has 0 saturated carbocycles. The third kappa shape index (κ3) is 6.60. The number of alkyl halides is 1. The van der Waals surface area contributed by atoms with Crippen LogP contribution in [0.1, 0.15) is 31.7 Å². The van der Waals surface area contributed by atoms with Gasteiger partial charge in [0.2, 0.25) is 5.91 Å². The molecule has 1 atom stereocenters. The lowest BCUT2D eigenvalue weighted by atomic mass is 9.87. The number of aromatic hydroxyl groups is 1. The van der Waals surface area contributed by atoms with E-state index in [0.29, 0.717) is 17.5 Å². The van der Waals surface area contributed by atoms with Crippen LogP contribution in [0.3, 0.4) is 0 Å². The van der Waals surface area contributed by atoms with Gasteiger partial charge in [-0.05, 0) is 30.2 Å². The predicted octanol–water partition coefficient (Wildman–Crippen LogP) is 4.09. The van der Waals surface area contributed by atoms with Gasteiger partial charge in [-0.15, -0.1) is 0 Å². The number of hydrogen-bond acceptors (Lipinski definition) is 4. The summed E-state index contributed by atoms with van der Waals surface area (Å²) in [5.74, 6) is -3.42. The van der Waals surface area contributed by atoms with Crippen molar-refractivity contribution in [2.75, 3.05) is 13.2 Å². The third-order valence-electron chi connectivity index (χ3n) is 5.61. The van der Waals surface area contributed by atoms with E-state index in [9.17, 15) is 27.5 Å². The topological polar surface area (TPSA) is 93.2 Å². The number of carbonyl (C=O) groups is 1. The number of hydrogen-bond donors (Lipinski definition) is 3. The highest BCUT2D eigenvalue weighted by molar-refractivity contribution is 5.82. The molecule has 1 amide bonds. The van der Waals surface area contributed by atoms with Crippen molar-refractivity contribution in [3.8, 4) is 17.0 Å². The van der Waals surface area contributed by atoms with Crippen LogP contribution in [-0.2, 0) is 17.8 Å². The number of nitrogens with zero attached hydrogens (tertiary/aromatic N) is 2. The molecule has 0 spiro atoms. The highest BCUT2D eigenvalue weighted by atomic mass is 19.2. The van der Waals surface area contributed by atoms with Gasteiger partial charge < -0.3 is 20.7 Å². The van der Waals surface area contributed by atoms with Crippen LogP contribution in [0, 0.1) is 22.9 Å². The number of benzene rings is 2. The van der Waals surface area contributed by atoms with Crippen molar-refractivity contribution in [3.05, 3.63) is 71.4 Å². The monoisotopic (exact) mass is 492 g/mol. The highest BCUT2D eigenvalue weighted by Crippen LogP contribution is 2.29. The van der Waals surface area contributed by atoms with Gasteiger partial charge in [0.05, 0.1) is 11.1 Å².